The quantitative estimate of drug-likeness (QED) is 0.432. The molecule has 2 heteroatoms. The maximum atomic E-state index is 10.5. The van der Waals surface area contributed by atoms with Crippen molar-refractivity contribution in [3.8, 4) is 0 Å². The van der Waals surface area contributed by atoms with Crippen LogP contribution in [0.5, 0.6) is 0 Å². The normalized spacial score (nSPS) is 8.69. The fraction of sp³-hybridized carbons (Fsp3) is 0.214. The van der Waals surface area contributed by atoms with Gasteiger partial charge in [-0.05, 0) is 6.92 Å². The first-order chi connectivity index (χ1) is 7.09. The van der Waals surface area contributed by atoms with Gasteiger partial charge in [-0.1, -0.05) is 5.56 Å². The minimum absolute atomic E-state index is 0. The standard InChI is InChI=1S/C7H7O.C7H9.Fe/c1-6(8)7-4-2-3-5-7;1-6-3-4-7(2)5-6;/h2-5H,1H3;3-5H,1-2H3;/q-1;-5;. The van der Waals surface area contributed by atoms with E-state index in [4.69, 9.17) is 0 Å². The Balaban J connectivity index is 0.000000267. The van der Waals surface area contributed by atoms with Gasteiger partial charge in [-0.3, -0.25) is 0 Å². The Morgan fingerprint density at radius 3 is 1.69 bits per heavy atom. The molecule has 0 heterocycles. The number of carbonyl (C=O) groups excluding carboxylic acids is 1. The molecule has 16 heavy (non-hydrogen) atoms. The van der Waals surface area contributed by atoms with Gasteiger partial charge in [0.1, 0.15) is 5.78 Å². The molecule has 0 aliphatic rings. The fourth-order valence-corrected chi connectivity index (χ4v) is 1.33. The molecule has 0 unspecified atom stereocenters. The van der Waals surface area contributed by atoms with Crippen molar-refractivity contribution in [2.45, 2.75) is 20.8 Å². The Hall–Kier alpha value is -1.11. The van der Waals surface area contributed by atoms with Crippen LogP contribution < -0.4 is 0 Å². The summed E-state index contributed by atoms with van der Waals surface area (Å²) in [7, 11) is 0. The SMILES string of the molecule is CC(=O)[c-]1cccc1.C[c-]1[cH-][cH-][c-](C)[cH-]1.[Fe]. The van der Waals surface area contributed by atoms with Crippen molar-refractivity contribution in [3.63, 3.8) is 0 Å². The van der Waals surface area contributed by atoms with E-state index >= 15 is 0 Å². The van der Waals surface area contributed by atoms with Crippen LogP contribution in [0.15, 0.2) is 42.5 Å². The van der Waals surface area contributed by atoms with Crippen molar-refractivity contribution in [2.24, 2.45) is 0 Å². The number of carbonyl (C=O) groups is 1. The van der Waals surface area contributed by atoms with Gasteiger partial charge in [0.25, 0.3) is 0 Å². The Kier molecular flexibility index (Phi) is 6.71. The molecule has 0 aromatic heterocycles. The molecule has 0 saturated carbocycles. The molecule has 0 amide bonds. The van der Waals surface area contributed by atoms with Gasteiger partial charge in [-0.15, -0.1) is 0 Å². The van der Waals surface area contributed by atoms with Gasteiger partial charge in [-0.25, -0.2) is 26.0 Å². The van der Waals surface area contributed by atoms with E-state index in [0.717, 1.165) is 5.56 Å². The number of hydrogen-bond donors (Lipinski definition) is 0. The molecule has 2 aromatic rings. The Morgan fingerprint density at radius 2 is 1.50 bits per heavy atom. The first kappa shape index (κ1) is 14.9. The predicted molar refractivity (Wildman–Crippen MR) is 63.5 cm³/mol. The molecule has 0 N–H and O–H groups in total. The summed E-state index contributed by atoms with van der Waals surface area (Å²) in [6.45, 7) is 5.77. The van der Waals surface area contributed by atoms with Crippen molar-refractivity contribution in [1.82, 2.24) is 0 Å². The van der Waals surface area contributed by atoms with Crippen LogP contribution in [-0.2, 0) is 17.1 Å². The van der Waals surface area contributed by atoms with Gasteiger partial charge in [0, 0.05) is 17.1 Å². The molecule has 0 bridgehead atoms. The molecule has 2 aromatic carbocycles. The van der Waals surface area contributed by atoms with Crippen molar-refractivity contribution in [1.29, 1.82) is 0 Å². The van der Waals surface area contributed by atoms with Crippen LogP contribution in [0.1, 0.15) is 28.4 Å². The summed E-state index contributed by atoms with van der Waals surface area (Å²) in [4.78, 5) is 10.5. The van der Waals surface area contributed by atoms with Crippen LogP contribution in [0, 0.1) is 13.8 Å². The summed E-state index contributed by atoms with van der Waals surface area (Å²) in [6.07, 6.45) is 0. The van der Waals surface area contributed by atoms with Gasteiger partial charge in [0.05, 0.1) is 0 Å². The monoisotopic (exact) mass is 256 g/mol. The van der Waals surface area contributed by atoms with Crippen LogP contribution in [0.2, 0.25) is 0 Å². The number of aryl methyl sites for hydroxylation is 2. The third-order valence-electron chi connectivity index (χ3n) is 2.13. The van der Waals surface area contributed by atoms with Crippen LogP contribution >= 0.6 is 0 Å². The second kappa shape index (κ2) is 7.21. The number of ketones is 1. The van der Waals surface area contributed by atoms with Crippen LogP contribution in [0.3, 0.4) is 0 Å². The summed E-state index contributed by atoms with van der Waals surface area (Å²) >= 11 is 0. The summed E-state index contributed by atoms with van der Waals surface area (Å²) in [5.41, 5.74) is 3.51. The third kappa shape index (κ3) is 5.11. The average molecular weight is 256 g/mol. The van der Waals surface area contributed by atoms with Crippen LogP contribution in [-0.4, -0.2) is 5.78 Å². The summed E-state index contributed by atoms with van der Waals surface area (Å²) < 4.78 is 0. The summed E-state index contributed by atoms with van der Waals surface area (Å²) in [5.74, 6) is 0.134. The molecule has 1 nitrogen and oxygen atoms in total. The molecule has 0 fully saturated rings. The maximum absolute atomic E-state index is 10.5. The fourth-order valence-electron chi connectivity index (χ4n) is 1.33. The largest absolute Gasteiger partial charge is 0.745 e. The molecule has 92 valence electrons. The Bertz CT molecular complexity index is 393. The van der Waals surface area contributed by atoms with Crippen molar-refractivity contribution in [2.75, 3.05) is 0 Å². The van der Waals surface area contributed by atoms with Crippen LogP contribution in [0.4, 0.5) is 0 Å². The number of Topliss-reactive ketones (excluding diaryl/α,β-unsaturated/α-hetero) is 1. The topological polar surface area (TPSA) is 17.1 Å². The summed E-state index contributed by atoms with van der Waals surface area (Å²) in [6, 6.07) is 13.7. The van der Waals surface area contributed by atoms with E-state index in [0.29, 0.717) is 0 Å². The van der Waals surface area contributed by atoms with Crippen molar-refractivity contribution >= 4 is 5.78 Å². The molecular weight excluding hydrogens is 240 g/mol. The van der Waals surface area contributed by atoms with Gasteiger partial charge in [0.2, 0.25) is 0 Å². The zero-order valence-electron chi connectivity index (χ0n) is 9.80. The van der Waals surface area contributed by atoms with E-state index in [1.54, 1.807) is 6.92 Å². The van der Waals surface area contributed by atoms with Crippen molar-refractivity contribution in [3.05, 3.63) is 59.2 Å². The molecule has 0 atom stereocenters. The zero-order chi connectivity index (χ0) is 11.3. The van der Waals surface area contributed by atoms with E-state index in [9.17, 15) is 4.79 Å². The zero-order valence-corrected chi connectivity index (χ0v) is 10.9. The first-order valence-electron chi connectivity index (χ1n) is 5.02. The minimum Gasteiger partial charge on any atom is -0.745 e. The third-order valence-corrected chi connectivity index (χ3v) is 2.13. The van der Waals surface area contributed by atoms with Crippen molar-refractivity contribution < 1.29 is 21.9 Å². The molecular formula is C14H16FeO-6. The predicted octanol–water partition coefficient (Wildman–Crippen LogP) is 3.63. The second-order valence-electron chi connectivity index (χ2n) is 3.70. The summed E-state index contributed by atoms with van der Waals surface area (Å²) in [5, 5.41) is 0. The molecule has 2 rings (SSSR count). The maximum Gasteiger partial charge on any atom is 0.105 e. The molecule has 0 aliphatic heterocycles. The van der Waals surface area contributed by atoms with Gasteiger partial charge >= 0.3 is 0 Å². The first-order valence-corrected chi connectivity index (χ1v) is 5.02. The smallest absolute Gasteiger partial charge is 0.105 e. The molecule has 0 aliphatic carbocycles. The van der Waals surface area contributed by atoms with Gasteiger partial charge < -0.3 is 34.1 Å². The Morgan fingerprint density at radius 1 is 1.06 bits per heavy atom. The molecule has 0 saturated heterocycles. The van der Waals surface area contributed by atoms with Crippen LogP contribution in [0.25, 0.3) is 0 Å². The van der Waals surface area contributed by atoms with E-state index in [2.05, 4.69) is 32.0 Å². The van der Waals surface area contributed by atoms with E-state index in [-0.39, 0.29) is 22.9 Å². The van der Waals surface area contributed by atoms with Gasteiger partial charge in [0.15, 0.2) is 0 Å². The van der Waals surface area contributed by atoms with E-state index in [1.807, 2.05) is 24.3 Å². The molecule has 0 spiro atoms. The molecule has 0 radical (unpaired) electrons. The van der Waals surface area contributed by atoms with Gasteiger partial charge in [-0.2, -0.15) is 12.1 Å². The minimum atomic E-state index is 0. The van der Waals surface area contributed by atoms with E-state index < -0.39 is 0 Å². The Labute approximate surface area is 108 Å². The number of hydrogen-bond acceptors (Lipinski definition) is 1. The number of rotatable bonds is 1. The van der Waals surface area contributed by atoms with E-state index in [1.165, 1.54) is 11.1 Å². The average Bonchev–Trinajstić information content (AvgIpc) is 2.77. The second-order valence-corrected chi connectivity index (χ2v) is 3.70.